The highest BCUT2D eigenvalue weighted by Crippen LogP contribution is 2.21. The number of piperazine rings is 1. The van der Waals surface area contributed by atoms with E-state index in [1.54, 1.807) is 12.1 Å². The summed E-state index contributed by atoms with van der Waals surface area (Å²) in [5.74, 6) is 0.913. The third kappa shape index (κ3) is 2.81. The molecule has 0 bridgehead atoms. The van der Waals surface area contributed by atoms with Crippen molar-refractivity contribution in [2.75, 3.05) is 36.0 Å². The van der Waals surface area contributed by atoms with Gasteiger partial charge in [0, 0.05) is 55.9 Å². The number of benzene rings is 1. The third-order valence-corrected chi connectivity index (χ3v) is 3.69. The number of H-pyrrole nitrogens is 1. The number of nitrogens with one attached hydrogen (secondary N) is 1. The first kappa shape index (κ1) is 13.4. The fourth-order valence-electron chi connectivity index (χ4n) is 2.52. The minimum Gasteiger partial charge on any atom is -0.368 e. The van der Waals surface area contributed by atoms with Gasteiger partial charge in [-0.05, 0) is 19.1 Å². The molecule has 2 heterocycles. The fraction of sp³-hybridized carbons (Fsp3) is 0.357. The molecule has 0 saturated carbocycles. The molecule has 0 unspecified atom stereocenters. The Morgan fingerprint density at radius 3 is 2.29 bits per heavy atom. The second kappa shape index (κ2) is 5.43. The molecule has 0 amide bonds. The van der Waals surface area contributed by atoms with Crippen LogP contribution in [-0.4, -0.2) is 41.1 Å². The maximum absolute atomic E-state index is 10.7. The van der Waals surface area contributed by atoms with E-state index in [-0.39, 0.29) is 10.6 Å². The van der Waals surface area contributed by atoms with E-state index >= 15 is 0 Å². The van der Waals surface area contributed by atoms with Crippen LogP contribution in [0.25, 0.3) is 0 Å². The highest BCUT2D eigenvalue weighted by Gasteiger charge is 2.19. The van der Waals surface area contributed by atoms with Gasteiger partial charge in [-0.2, -0.15) is 0 Å². The van der Waals surface area contributed by atoms with E-state index in [2.05, 4.69) is 19.8 Å². The number of aromatic nitrogens is 2. The number of aromatic amines is 1. The molecule has 0 aliphatic carbocycles. The summed E-state index contributed by atoms with van der Waals surface area (Å²) in [5, 5.41) is 10.7. The molecular weight excluding hydrogens is 270 g/mol. The van der Waals surface area contributed by atoms with Crippen LogP contribution in [0.5, 0.6) is 0 Å². The average Bonchev–Trinajstić information content (AvgIpc) is 2.94. The van der Waals surface area contributed by atoms with E-state index in [1.807, 2.05) is 25.3 Å². The number of nitrogens with zero attached hydrogens (tertiary/aromatic N) is 4. The van der Waals surface area contributed by atoms with Gasteiger partial charge in [0.15, 0.2) is 0 Å². The molecule has 1 fully saturated rings. The number of rotatable bonds is 3. The molecule has 1 aliphatic rings. The molecule has 1 aliphatic heterocycles. The standard InChI is InChI=1S/C14H17N5O2/c1-11-10-15-14(16-11)18-8-6-17(7-9-18)12-2-4-13(5-3-12)19(20)21/h2-5,10H,6-9H2,1H3,(H,15,16). The van der Waals surface area contributed by atoms with Crippen LogP contribution >= 0.6 is 0 Å². The Hall–Kier alpha value is -2.57. The minimum absolute atomic E-state index is 0.128. The molecule has 0 spiro atoms. The van der Waals surface area contributed by atoms with Gasteiger partial charge in [-0.1, -0.05) is 0 Å². The van der Waals surface area contributed by atoms with Crippen molar-refractivity contribution in [1.29, 1.82) is 0 Å². The lowest BCUT2D eigenvalue weighted by atomic mass is 10.2. The third-order valence-electron chi connectivity index (χ3n) is 3.69. The molecule has 110 valence electrons. The van der Waals surface area contributed by atoms with Crippen molar-refractivity contribution < 1.29 is 4.92 Å². The predicted molar refractivity (Wildman–Crippen MR) is 80.8 cm³/mol. The molecule has 0 radical (unpaired) electrons. The second-order valence-electron chi connectivity index (χ2n) is 5.14. The fourth-order valence-corrected chi connectivity index (χ4v) is 2.52. The van der Waals surface area contributed by atoms with Gasteiger partial charge in [0.2, 0.25) is 5.95 Å². The maximum atomic E-state index is 10.7. The lowest BCUT2D eigenvalue weighted by molar-refractivity contribution is -0.384. The molecule has 1 N–H and O–H groups in total. The lowest BCUT2D eigenvalue weighted by Gasteiger charge is -2.35. The number of aryl methyl sites for hydroxylation is 1. The van der Waals surface area contributed by atoms with E-state index in [0.717, 1.165) is 43.5 Å². The zero-order valence-electron chi connectivity index (χ0n) is 11.8. The molecule has 1 aromatic carbocycles. The highest BCUT2D eigenvalue weighted by molar-refractivity contribution is 5.52. The van der Waals surface area contributed by atoms with Crippen molar-refractivity contribution in [1.82, 2.24) is 9.97 Å². The summed E-state index contributed by atoms with van der Waals surface area (Å²) in [6, 6.07) is 6.73. The average molecular weight is 287 g/mol. The summed E-state index contributed by atoms with van der Waals surface area (Å²) in [5.41, 5.74) is 2.21. The number of anilines is 2. The highest BCUT2D eigenvalue weighted by atomic mass is 16.6. The summed E-state index contributed by atoms with van der Waals surface area (Å²) in [4.78, 5) is 22.3. The van der Waals surface area contributed by atoms with E-state index in [4.69, 9.17) is 0 Å². The Balaban J connectivity index is 1.64. The van der Waals surface area contributed by atoms with Crippen molar-refractivity contribution in [3.63, 3.8) is 0 Å². The van der Waals surface area contributed by atoms with Crippen LogP contribution in [0.1, 0.15) is 5.69 Å². The first-order valence-corrected chi connectivity index (χ1v) is 6.89. The van der Waals surface area contributed by atoms with Gasteiger partial charge < -0.3 is 14.8 Å². The summed E-state index contributed by atoms with van der Waals surface area (Å²) in [6.07, 6.45) is 1.83. The van der Waals surface area contributed by atoms with Gasteiger partial charge in [0.05, 0.1) is 4.92 Å². The van der Waals surface area contributed by atoms with E-state index in [9.17, 15) is 10.1 Å². The van der Waals surface area contributed by atoms with Crippen LogP contribution in [-0.2, 0) is 0 Å². The van der Waals surface area contributed by atoms with Gasteiger partial charge in [-0.15, -0.1) is 0 Å². The minimum atomic E-state index is -0.374. The van der Waals surface area contributed by atoms with Crippen LogP contribution in [0.3, 0.4) is 0 Å². The van der Waals surface area contributed by atoms with Gasteiger partial charge in [0.1, 0.15) is 0 Å². The first-order valence-electron chi connectivity index (χ1n) is 6.89. The maximum Gasteiger partial charge on any atom is 0.269 e. The Kier molecular flexibility index (Phi) is 3.47. The number of hydrogen-bond donors (Lipinski definition) is 1. The van der Waals surface area contributed by atoms with Gasteiger partial charge in [-0.3, -0.25) is 10.1 Å². The zero-order chi connectivity index (χ0) is 14.8. The van der Waals surface area contributed by atoms with Crippen molar-refractivity contribution in [2.45, 2.75) is 6.92 Å². The SMILES string of the molecule is Cc1cnc(N2CCN(c3ccc([N+](=O)[O-])cc3)CC2)[nH]1. The van der Waals surface area contributed by atoms with Crippen LogP contribution in [0.15, 0.2) is 30.5 Å². The lowest BCUT2D eigenvalue weighted by Crippen LogP contribution is -2.46. The Labute approximate surface area is 122 Å². The number of nitro benzene ring substituents is 1. The molecule has 7 nitrogen and oxygen atoms in total. The molecule has 21 heavy (non-hydrogen) atoms. The van der Waals surface area contributed by atoms with Gasteiger partial charge in [-0.25, -0.2) is 4.98 Å². The largest absolute Gasteiger partial charge is 0.368 e. The summed E-state index contributed by atoms with van der Waals surface area (Å²) in [6.45, 7) is 5.49. The molecule has 1 aromatic heterocycles. The number of hydrogen-bond acceptors (Lipinski definition) is 5. The predicted octanol–water partition coefficient (Wildman–Crippen LogP) is 1.95. The van der Waals surface area contributed by atoms with Crippen molar-refractivity contribution in [2.24, 2.45) is 0 Å². The van der Waals surface area contributed by atoms with Crippen molar-refractivity contribution in [3.05, 3.63) is 46.3 Å². The first-order chi connectivity index (χ1) is 10.1. The molecule has 2 aromatic rings. The summed E-state index contributed by atoms with van der Waals surface area (Å²) < 4.78 is 0. The summed E-state index contributed by atoms with van der Waals surface area (Å²) in [7, 11) is 0. The number of nitro groups is 1. The second-order valence-corrected chi connectivity index (χ2v) is 5.14. The topological polar surface area (TPSA) is 78.3 Å². The van der Waals surface area contributed by atoms with Crippen LogP contribution in [0.2, 0.25) is 0 Å². The Morgan fingerprint density at radius 1 is 1.14 bits per heavy atom. The van der Waals surface area contributed by atoms with Crippen LogP contribution < -0.4 is 9.80 Å². The number of non-ortho nitro benzene ring substituents is 1. The zero-order valence-corrected chi connectivity index (χ0v) is 11.8. The van der Waals surface area contributed by atoms with E-state index in [0.29, 0.717) is 0 Å². The Morgan fingerprint density at radius 2 is 1.76 bits per heavy atom. The normalized spacial score (nSPS) is 15.3. The molecule has 3 rings (SSSR count). The van der Waals surface area contributed by atoms with Crippen LogP contribution in [0, 0.1) is 17.0 Å². The number of imidazole rings is 1. The molecule has 0 atom stereocenters. The van der Waals surface area contributed by atoms with Crippen molar-refractivity contribution in [3.8, 4) is 0 Å². The molecule has 7 heteroatoms. The smallest absolute Gasteiger partial charge is 0.269 e. The van der Waals surface area contributed by atoms with Crippen LogP contribution in [0.4, 0.5) is 17.3 Å². The summed E-state index contributed by atoms with van der Waals surface area (Å²) >= 11 is 0. The quantitative estimate of drug-likeness (QED) is 0.689. The van der Waals surface area contributed by atoms with Crippen molar-refractivity contribution >= 4 is 17.3 Å². The van der Waals surface area contributed by atoms with E-state index < -0.39 is 0 Å². The van der Waals surface area contributed by atoms with Gasteiger partial charge >= 0.3 is 0 Å². The molecular formula is C14H17N5O2. The Bertz CT molecular complexity index is 629. The molecule has 1 saturated heterocycles. The van der Waals surface area contributed by atoms with E-state index in [1.165, 1.54) is 0 Å². The monoisotopic (exact) mass is 287 g/mol. The van der Waals surface area contributed by atoms with Gasteiger partial charge in [0.25, 0.3) is 5.69 Å².